The Morgan fingerprint density at radius 2 is 2.24 bits per heavy atom. The first-order valence-corrected chi connectivity index (χ1v) is 6.00. The molecule has 6 heteroatoms. The zero-order valence-electron chi connectivity index (χ0n) is 9.22. The zero-order chi connectivity index (χ0) is 12.6. The van der Waals surface area contributed by atoms with Crippen molar-refractivity contribution in [3.8, 4) is 0 Å². The lowest BCUT2D eigenvalue weighted by Gasteiger charge is -2.15. The molecule has 1 aliphatic carbocycles. The monoisotopic (exact) mass is 301 g/mol. The third-order valence-electron chi connectivity index (χ3n) is 2.82. The molecule has 1 amide bonds. The Bertz CT molecular complexity index is 456. The second kappa shape index (κ2) is 4.52. The topological polar surface area (TPSA) is 70.8 Å². The Hall–Kier alpha value is -1.30. The van der Waals surface area contributed by atoms with Crippen LogP contribution in [0.1, 0.15) is 12.2 Å². The van der Waals surface area contributed by atoms with Gasteiger partial charge in [0.1, 0.15) is 5.76 Å². The summed E-state index contributed by atoms with van der Waals surface area (Å²) in [4.78, 5) is 24.0. The highest BCUT2D eigenvalue weighted by Crippen LogP contribution is 2.40. The minimum Gasteiger partial charge on any atom is -0.481 e. The minimum atomic E-state index is -0.891. The Morgan fingerprint density at radius 1 is 1.53 bits per heavy atom. The molecule has 1 heterocycles. The lowest BCUT2D eigenvalue weighted by atomic mass is 10.3. The summed E-state index contributed by atoms with van der Waals surface area (Å²) < 4.78 is 5.90. The van der Waals surface area contributed by atoms with Gasteiger partial charge in [-0.15, -0.1) is 0 Å². The molecule has 0 unspecified atom stereocenters. The van der Waals surface area contributed by atoms with E-state index < -0.39 is 11.9 Å². The van der Waals surface area contributed by atoms with Gasteiger partial charge in [0.2, 0.25) is 5.91 Å². The number of carbonyl (C=O) groups excluding carboxylic acids is 1. The molecule has 92 valence electrons. The molecule has 1 aromatic rings. The predicted molar refractivity (Wildman–Crippen MR) is 62.1 cm³/mol. The summed E-state index contributed by atoms with van der Waals surface area (Å²) in [5.74, 6) is -1.23. The molecule has 0 aliphatic heterocycles. The van der Waals surface area contributed by atoms with Crippen LogP contribution < -0.4 is 0 Å². The van der Waals surface area contributed by atoms with E-state index in [9.17, 15) is 9.59 Å². The maximum absolute atomic E-state index is 11.8. The molecule has 0 spiro atoms. The van der Waals surface area contributed by atoms with E-state index in [4.69, 9.17) is 9.52 Å². The van der Waals surface area contributed by atoms with Gasteiger partial charge in [-0.3, -0.25) is 9.59 Å². The third-order valence-corrected chi connectivity index (χ3v) is 3.25. The lowest BCUT2D eigenvalue weighted by molar-refractivity contribution is -0.141. The van der Waals surface area contributed by atoms with Crippen molar-refractivity contribution < 1.29 is 19.1 Å². The van der Waals surface area contributed by atoms with Crippen LogP contribution in [-0.4, -0.2) is 28.9 Å². The number of nitrogens with zero attached hydrogens (tertiary/aromatic N) is 1. The predicted octanol–water partition coefficient (Wildman–Crippen LogP) is 1.72. The maximum atomic E-state index is 11.8. The van der Waals surface area contributed by atoms with Crippen LogP contribution in [0.25, 0.3) is 0 Å². The van der Waals surface area contributed by atoms with Crippen LogP contribution in [0, 0.1) is 11.8 Å². The number of hydrogen-bond donors (Lipinski definition) is 1. The molecule has 1 saturated carbocycles. The normalized spacial score (nSPS) is 22.2. The minimum absolute atomic E-state index is 0.134. The molecule has 0 saturated heterocycles. The highest BCUT2D eigenvalue weighted by Gasteiger charge is 2.49. The molecule has 5 nitrogen and oxygen atoms in total. The number of rotatable bonds is 4. The van der Waals surface area contributed by atoms with Crippen LogP contribution in [0.5, 0.6) is 0 Å². The Labute approximate surface area is 107 Å². The number of amides is 1. The molecule has 1 fully saturated rings. The fraction of sp³-hybridized carbons (Fsp3) is 0.455. The second-order valence-corrected chi connectivity index (χ2v) is 4.97. The van der Waals surface area contributed by atoms with E-state index in [0.717, 1.165) is 0 Å². The Balaban J connectivity index is 1.91. The maximum Gasteiger partial charge on any atom is 0.307 e. The number of aliphatic carboxylic acids is 1. The molecule has 1 aromatic heterocycles. The van der Waals surface area contributed by atoms with Crippen molar-refractivity contribution in [3.05, 3.63) is 22.6 Å². The molecule has 1 aliphatic rings. The van der Waals surface area contributed by atoms with E-state index in [1.807, 2.05) is 0 Å². The van der Waals surface area contributed by atoms with Crippen LogP contribution in [0.2, 0.25) is 0 Å². The number of carbonyl (C=O) groups is 2. The number of hydrogen-bond acceptors (Lipinski definition) is 3. The van der Waals surface area contributed by atoms with E-state index in [1.54, 1.807) is 19.2 Å². The summed E-state index contributed by atoms with van der Waals surface area (Å²) in [6.45, 7) is 0.354. The van der Waals surface area contributed by atoms with Crippen molar-refractivity contribution in [2.24, 2.45) is 11.8 Å². The molecular weight excluding hydrogens is 290 g/mol. The largest absolute Gasteiger partial charge is 0.481 e. The van der Waals surface area contributed by atoms with Crippen LogP contribution in [0.3, 0.4) is 0 Å². The summed E-state index contributed by atoms with van der Waals surface area (Å²) in [6.07, 6.45) is 0.445. The Morgan fingerprint density at radius 3 is 2.71 bits per heavy atom. The zero-order valence-corrected chi connectivity index (χ0v) is 10.8. The van der Waals surface area contributed by atoms with Crippen molar-refractivity contribution in [1.29, 1.82) is 0 Å². The number of carboxylic acids is 1. The van der Waals surface area contributed by atoms with E-state index in [0.29, 0.717) is 23.4 Å². The summed E-state index contributed by atoms with van der Waals surface area (Å²) in [6, 6.07) is 3.53. The molecule has 0 aromatic carbocycles. The van der Waals surface area contributed by atoms with Gasteiger partial charge in [-0.25, -0.2) is 0 Å². The van der Waals surface area contributed by atoms with Crippen molar-refractivity contribution in [1.82, 2.24) is 4.90 Å². The van der Waals surface area contributed by atoms with E-state index in [2.05, 4.69) is 15.9 Å². The molecule has 0 radical (unpaired) electrons. The smallest absolute Gasteiger partial charge is 0.307 e. The van der Waals surface area contributed by atoms with Crippen LogP contribution >= 0.6 is 15.9 Å². The highest BCUT2D eigenvalue weighted by atomic mass is 79.9. The molecule has 1 N–H and O–H groups in total. The van der Waals surface area contributed by atoms with Gasteiger partial charge in [-0.2, -0.15) is 0 Å². The van der Waals surface area contributed by atoms with Crippen LogP contribution in [0.15, 0.2) is 21.2 Å². The fourth-order valence-corrected chi connectivity index (χ4v) is 2.11. The van der Waals surface area contributed by atoms with E-state index in [1.165, 1.54) is 4.90 Å². The van der Waals surface area contributed by atoms with E-state index >= 15 is 0 Å². The van der Waals surface area contributed by atoms with E-state index in [-0.39, 0.29) is 11.8 Å². The first-order chi connectivity index (χ1) is 7.99. The SMILES string of the molecule is CN(Cc1ccc(Br)o1)C(=O)[C@@H]1C[C@@H]1C(=O)O. The van der Waals surface area contributed by atoms with Crippen LogP contribution in [-0.2, 0) is 16.1 Å². The molecular formula is C11H12BrNO4. The third kappa shape index (κ3) is 2.69. The van der Waals surface area contributed by atoms with Gasteiger partial charge in [0.05, 0.1) is 18.4 Å². The van der Waals surface area contributed by atoms with Crippen molar-refractivity contribution >= 4 is 27.8 Å². The van der Waals surface area contributed by atoms with Crippen molar-refractivity contribution in [2.45, 2.75) is 13.0 Å². The highest BCUT2D eigenvalue weighted by molar-refractivity contribution is 9.10. The number of carboxylic acid groups (broad SMARTS) is 1. The first kappa shape index (κ1) is 12.2. The van der Waals surface area contributed by atoms with Gasteiger partial charge in [0.15, 0.2) is 4.67 Å². The van der Waals surface area contributed by atoms with Crippen molar-refractivity contribution in [2.75, 3.05) is 7.05 Å². The molecule has 2 rings (SSSR count). The van der Waals surface area contributed by atoms with Gasteiger partial charge in [-0.05, 0) is 34.5 Å². The average molecular weight is 302 g/mol. The first-order valence-electron chi connectivity index (χ1n) is 5.21. The summed E-state index contributed by atoms with van der Waals surface area (Å²) in [7, 11) is 1.65. The lowest BCUT2D eigenvalue weighted by Crippen LogP contribution is -2.28. The number of furan rings is 1. The average Bonchev–Trinajstić information content (AvgIpc) is 2.96. The summed E-state index contributed by atoms with van der Waals surface area (Å²) in [5, 5.41) is 8.75. The summed E-state index contributed by atoms with van der Waals surface area (Å²) >= 11 is 3.18. The quantitative estimate of drug-likeness (QED) is 0.919. The fourth-order valence-electron chi connectivity index (χ4n) is 1.77. The van der Waals surface area contributed by atoms with Gasteiger partial charge >= 0.3 is 5.97 Å². The molecule has 0 bridgehead atoms. The summed E-state index contributed by atoms with van der Waals surface area (Å²) in [5.41, 5.74) is 0. The van der Waals surface area contributed by atoms with Gasteiger partial charge in [0, 0.05) is 7.05 Å². The Kier molecular flexibility index (Phi) is 3.24. The molecule has 2 atom stereocenters. The van der Waals surface area contributed by atoms with Gasteiger partial charge < -0.3 is 14.4 Å². The number of halogens is 1. The standard InChI is InChI=1S/C11H12BrNO4/c1-13(5-6-2-3-9(12)17-6)10(14)7-4-8(7)11(15)16/h2-3,7-8H,4-5H2,1H3,(H,15,16)/t7-,8+/m1/s1. The van der Waals surface area contributed by atoms with Crippen molar-refractivity contribution in [3.63, 3.8) is 0 Å². The van der Waals surface area contributed by atoms with Gasteiger partial charge in [-0.1, -0.05) is 0 Å². The second-order valence-electron chi connectivity index (χ2n) is 4.19. The van der Waals surface area contributed by atoms with Crippen LogP contribution in [0.4, 0.5) is 0 Å². The van der Waals surface area contributed by atoms with Gasteiger partial charge in [0.25, 0.3) is 0 Å². The molecule has 17 heavy (non-hydrogen) atoms.